The summed E-state index contributed by atoms with van der Waals surface area (Å²) in [6, 6.07) is 10.4. The van der Waals surface area contributed by atoms with E-state index in [2.05, 4.69) is 49.3 Å². The number of amides is 2. The average Bonchev–Trinajstić information content (AvgIpc) is 3.19. The molecule has 5 rings (SSSR count). The van der Waals surface area contributed by atoms with Crippen molar-refractivity contribution in [3.8, 4) is 12.3 Å². The standard InChI is InChI=1S/C24H25NO2/c1-3-4-16-25-20(26)18-19(21(25)27)24(17-10-6-5-7-11-17)15-14-23(18)13-9-8-12-22(23,24)2/h1,5-7,10-11,14-15,18-19H,4,8-9,12-13,16H2,2H3/t18-,19+,22+,23+,24+/m1/s1. The van der Waals surface area contributed by atoms with Crippen LogP contribution in [0.3, 0.4) is 0 Å². The van der Waals surface area contributed by atoms with Crippen LogP contribution in [-0.4, -0.2) is 23.3 Å². The largest absolute Gasteiger partial charge is 0.281 e. The van der Waals surface area contributed by atoms with Crippen LogP contribution in [0.15, 0.2) is 42.5 Å². The molecular formula is C24H25NO2. The number of fused-ring (bicyclic) bond motifs is 2. The molecule has 3 aliphatic carbocycles. The number of imide groups is 1. The number of hydrogen-bond acceptors (Lipinski definition) is 2. The van der Waals surface area contributed by atoms with Crippen LogP contribution in [0.4, 0.5) is 0 Å². The third-order valence-corrected chi connectivity index (χ3v) is 8.28. The Morgan fingerprint density at radius 3 is 2.52 bits per heavy atom. The molecule has 1 saturated heterocycles. The zero-order valence-corrected chi connectivity index (χ0v) is 15.8. The van der Waals surface area contributed by atoms with Crippen molar-refractivity contribution in [3.05, 3.63) is 48.0 Å². The highest BCUT2D eigenvalue weighted by Gasteiger charge is 2.81. The van der Waals surface area contributed by atoms with Crippen molar-refractivity contribution in [3.63, 3.8) is 0 Å². The second kappa shape index (κ2) is 5.35. The molecule has 27 heavy (non-hydrogen) atoms. The van der Waals surface area contributed by atoms with Gasteiger partial charge in [0.2, 0.25) is 11.8 Å². The molecule has 4 aliphatic rings. The summed E-state index contributed by atoms with van der Waals surface area (Å²) >= 11 is 0. The topological polar surface area (TPSA) is 37.4 Å². The van der Waals surface area contributed by atoms with Crippen LogP contribution in [0, 0.1) is 35.0 Å². The fourth-order valence-corrected chi connectivity index (χ4v) is 7.19. The van der Waals surface area contributed by atoms with E-state index in [0.29, 0.717) is 13.0 Å². The highest BCUT2D eigenvalue weighted by Crippen LogP contribution is 2.79. The number of nitrogens with zero attached hydrogens (tertiary/aromatic N) is 1. The van der Waals surface area contributed by atoms with Gasteiger partial charge in [0.05, 0.1) is 11.8 Å². The number of carbonyl (C=O) groups is 2. The number of benzene rings is 1. The molecule has 3 nitrogen and oxygen atoms in total. The van der Waals surface area contributed by atoms with E-state index in [-0.39, 0.29) is 34.5 Å². The van der Waals surface area contributed by atoms with E-state index >= 15 is 0 Å². The van der Waals surface area contributed by atoms with Crippen molar-refractivity contribution >= 4 is 11.8 Å². The van der Waals surface area contributed by atoms with Crippen molar-refractivity contribution < 1.29 is 9.59 Å². The number of terminal acetylenes is 1. The lowest BCUT2D eigenvalue weighted by molar-refractivity contribution is -0.143. The van der Waals surface area contributed by atoms with Crippen LogP contribution in [-0.2, 0) is 15.0 Å². The summed E-state index contributed by atoms with van der Waals surface area (Å²) in [6.07, 6.45) is 14.8. The van der Waals surface area contributed by atoms with Gasteiger partial charge in [0, 0.05) is 23.8 Å². The molecule has 1 aromatic carbocycles. The first kappa shape index (κ1) is 16.8. The van der Waals surface area contributed by atoms with E-state index < -0.39 is 5.41 Å². The molecule has 2 amide bonds. The Balaban J connectivity index is 1.73. The van der Waals surface area contributed by atoms with E-state index in [9.17, 15) is 9.59 Å². The van der Waals surface area contributed by atoms with Gasteiger partial charge in [0.15, 0.2) is 0 Å². The van der Waals surface area contributed by atoms with E-state index in [4.69, 9.17) is 6.42 Å². The van der Waals surface area contributed by atoms with Crippen LogP contribution in [0.1, 0.15) is 44.6 Å². The van der Waals surface area contributed by atoms with Gasteiger partial charge in [-0.1, -0.05) is 62.2 Å². The maximum absolute atomic E-state index is 13.6. The van der Waals surface area contributed by atoms with Crippen molar-refractivity contribution in [1.82, 2.24) is 4.90 Å². The van der Waals surface area contributed by atoms with Crippen molar-refractivity contribution in [2.45, 2.75) is 44.4 Å². The maximum atomic E-state index is 13.6. The first-order chi connectivity index (χ1) is 13.0. The van der Waals surface area contributed by atoms with Crippen molar-refractivity contribution in [2.24, 2.45) is 22.7 Å². The molecule has 5 atom stereocenters. The van der Waals surface area contributed by atoms with Gasteiger partial charge in [-0.3, -0.25) is 14.5 Å². The number of rotatable bonds is 3. The molecule has 1 aliphatic heterocycles. The molecule has 0 radical (unpaired) electrons. The summed E-state index contributed by atoms with van der Waals surface area (Å²) in [5, 5.41) is 0. The van der Waals surface area contributed by atoms with Gasteiger partial charge in [-0.15, -0.1) is 12.3 Å². The fraction of sp³-hybridized carbons (Fsp3) is 0.500. The smallest absolute Gasteiger partial charge is 0.234 e. The van der Waals surface area contributed by atoms with Gasteiger partial charge in [-0.2, -0.15) is 0 Å². The molecule has 1 aromatic rings. The number of carbonyl (C=O) groups excluding carboxylic acids is 2. The molecular weight excluding hydrogens is 334 g/mol. The third kappa shape index (κ3) is 1.66. The normalized spacial score (nSPS) is 41.6. The Morgan fingerprint density at radius 2 is 1.78 bits per heavy atom. The Hall–Kier alpha value is -2.34. The minimum Gasteiger partial charge on any atom is -0.281 e. The van der Waals surface area contributed by atoms with Crippen LogP contribution in [0.2, 0.25) is 0 Å². The van der Waals surface area contributed by atoms with Crippen LogP contribution in [0.25, 0.3) is 0 Å². The summed E-state index contributed by atoms with van der Waals surface area (Å²) in [6.45, 7) is 2.68. The second-order valence-corrected chi connectivity index (χ2v) is 8.89. The summed E-state index contributed by atoms with van der Waals surface area (Å²) in [5.41, 5.74) is 0.499. The Kier molecular flexibility index (Phi) is 3.33. The predicted octanol–water partition coefficient (Wildman–Crippen LogP) is 3.70. The van der Waals surface area contributed by atoms with Gasteiger partial charge in [-0.25, -0.2) is 0 Å². The summed E-state index contributed by atoms with van der Waals surface area (Å²) < 4.78 is 0. The minimum atomic E-state index is -0.392. The summed E-state index contributed by atoms with van der Waals surface area (Å²) in [4.78, 5) is 28.5. The molecule has 0 spiro atoms. The van der Waals surface area contributed by atoms with E-state index in [0.717, 1.165) is 25.7 Å². The van der Waals surface area contributed by atoms with Gasteiger partial charge < -0.3 is 0 Å². The Bertz CT molecular complexity index is 897. The van der Waals surface area contributed by atoms with Crippen LogP contribution in [0.5, 0.6) is 0 Å². The number of allylic oxidation sites excluding steroid dienone is 2. The molecule has 2 saturated carbocycles. The predicted molar refractivity (Wildman–Crippen MR) is 103 cm³/mol. The lowest BCUT2D eigenvalue weighted by Gasteiger charge is -2.51. The Morgan fingerprint density at radius 1 is 1.07 bits per heavy atom. The first-order valence-electron chi connectivity index (χ1n) is 10.1. The molecule has 1 heterocycles. The van der Waals surface area contributed by atoms with Crippen molar-refractivity contribution in [2.75, 3.05) is 6.54 Å². The molecule has 2 bridgehead atoms. The van der Waals surface area contributed by atoms with Gasteiger partial charge in [0.1, 0.15) is 0 Å². The molecule has 3 heteroatoms. The molecule has 3 fully saturated rings. The zero-order valence-electron chi connectivity index (χ0n) is 15.8. The summed E-state index contributed by atoms with van der Waals surface area (Å²) in [7, 11) is 0. The second-order valence-electron chi connectivity index (χ2n) is 8.89. The molecule has 0 N–H and O–H groups in total. The highest BCUT2D eigenvalue weighted by molar-refractivity contribution is 6.08. The lowest BCUT2D eigenvalue weighted by Crippen LogP contribution is -2.50. The monoisotopic (exact) mass is 359 g/mol. The molecule has 0 unspecified atom stereocenters. The minimum absolute atomic E-state index is 0.00975. The number of likely N-dealkylation sites (tertiary alicyclic amines) is 1. The van der Waals surface area contributed by atoms with Crippen LogP contribution >= 0.6 is 0 Å². The maximum Gasteiger partial charge on any atom is 0.234 e. The Labute approximate surface area is 160 Å². The van der Waals surface area contributed by atoms with E-state index in [1.54, 1.807) is 0 Å². The molecule has 0 aromatic heterocycles. The van der Waals surface area contributed by atoms with E-state index in [1.807, 2.05) is 6.07 Å². The SMILES string of the molecule is C#CCCN1C(=O)[C@@H]2[C@H](C1=O)[C@]13C=C[C@@]2(c2ccccc2)[C@@]1(C)CCCC3. The molecule has 138 valence electrons. The van der Waals surface area contributed by atoms with E-state index in [1.165, 1.54) is 10.5 Å². The fourth-order valence-electron chi connectivity index (χ4n) is 7.19. The number of hydrogen-bond donors (Lipinski definition) is 0. The third-order valence-electron chi connectivity index (χ3n) is 8.28. The van der Waals surface area contributed by atoms with Gasteiger partial charge >= 0.3 is 0 Å². The van der Waals surface area contributed by atoms with Crippen LogP contribution < -0.4 is 0 Å². The average molecular weight is 359 g/mol. The first-order valence-corrected chi connectivity index (χ1v) is 10.1. The van der Waals surface area contributed by atoms with Crippen molar-refractivity contribution in [1.29, 1.82) is 0 Å². The van der Waals surface area contributed by atoms with Gasteiger partial charge in [0.25, 0.3) is 0 Å². The van der Waals surface area contributed by atoms with Gasteiger partial charge in [-0.05, 0) is 23.8 Å². The lowest BCUT2D eigenvalue weighted by atomic mass is 9.52. The zero-order chi connectivity index (χ0) is 18.9. The summed E-state index contributed by atoms with van der Waals surface area (Å²) in [5.74, 6) is 2.05. The quantitative estimate of drug-likeness (QED) is 0.469. The highest BCUT2D eigenvalue weighted by atomic mass is 16.2.